The molecule has 0 aliphatic carbocycles. The molecule has 3 heterocycles. The molecule has 4 heteroatoms. The van der Waals surface area contributed by atoms with Gasteiger partial charge in [-0.1, -0.05) is 0 Å². The van der Waals surface area contributed by atoms with Crippen LogP contribution >= 0.6 is 0 Å². The molecule has 2 atom stereocenters. The van der Waals surface area contributed by atoms with Crippen LogP contribution in [0.3, 0.4) is 0 Å². The summed E-state index contributed by atoms with van der Waals surface area (Å²) >= 11 is 0. The van der Waals surface area contributed by atoms with Gasteiger partial charge < -0.3 is 15.2 Å². The molecule has 1 aromatic heterocycles. The number of aromatic nitrogens is 1. The van der Waals surface area contributed by atoms with Gasteiger partial charge in [0.25, 0.3) is 0 Å². The summed E-state index contributed by atoms with van der Waals surface area (Å²) in [6.07, 6.45) is 5.70. The third-order valence-corrected chi connectivity index (χ3v) is 4.07. The van der Waals surface area contributed by atoms with E-state index in [1.54, 1.807) is 6.20 Å². The Morgan fingerprint density at radius 3 is 2.67 bits per heavy atom. The Labute approximate surface area is 107 Å². The molecule has 0 spiro atoms. The molecule has 0 saturated carbocycles. The summed E-state index contributed by atoms with van der Waals surface area (Å²) in [6, 6.07) is 4.71. The van der Waals surface area contributed by atoms with Crippen LogP contribution in [0.15, 0.2) is 18.3 Å². The molecule has 0 amide bonds. The first-order valence-corrected chi connectivity index (χ1v) is 6.77. The summed E-state index contributed by atoms with van der Waals surface area (Å²) in [5, 5.41) is 14.4. The number of ether oxygens (including phenoxy) is 1. The van der Waals surface area contributed by atoms with Crippen LogP contribution in [-0.2, 0) is 5.60 Å². The molecule has 0 aromatic carbocycles. The Bertz CT molecular complexity index is 406. The lowest BCUT2D eigenvalue weighted by Gasteiger charge is -2.37. The molecule has 2 unspecified atom stereocenters. The minimum Gasteiger partial charge on any atom is -0.478 e. The van der Waals surface area contributed by atoms with Crippen molar-refractivity contribution in [2.24, 2.45) is 0 Å². The van der Waals surface area contributed by atoms with E-state index in [2.05, 4.69) is 10.3 Å². The van der Waals surface area contributed by atoms with Gasteiger partial charge in [-0.15, -0.1) is 0 Å². The number of hydrogen-bond donors (Lipinski definition) is 2. The predicted molar refractivity (Wildman–Crippen MR) is 68.5 cm³/mol. The third-order valence-electron chi connectivity index (χ3n) is 4.07. The molecule has 2 bridgehead atoms. The van der Waals surface area contributed by atoms with Crippen LogP contribution in [0.25, 0.3) is 0 Å². The number of hydrogen-bond acceptors (Lipinski definition) is 4. The zero-order valence-electron chi connectivity index (χ0n) is 10.7. The van der Waals surface area contributed by atoms with Crippen molar-refractivity contribution >= 4 is 0 Å². The summed E-state index contributed by atoms with van der Waals surface area (Å²) in [5.74, 6) is 0.627. The Balaban J connectivity index is 1.80. The van der Waals surface area contributed by atoms with Gasteiger partial charge in [0, 0.05) is 29.9 Å². The molecule has 3 rings (SSSR count). The molecule has 98 valence electrons. The lowest BCUT2D eigenvalue weighted by atomic mass is 9.82. The zero-order valence-corrected chi connectivity index (χ0v) is 10.7. The maximum Gasteiger partial charge on any atom is 0.213 e. The summed E-state index contributed by atoms with van der Waals surface area (Å²) in [6.45, 7) is 2.55. The molecule has 2 N–H and O–H groups in total. The van der Waals surface area contributed by atoms with Crippen LogP contribution in [0.2, 0.25) is 0 Å². The van der Waals surface area contributed by atoms with Crippen molar-refractivity contribution in [3.8, 4) is 5.88 Å². The number of piperidine rings is 1. The molecule has 4 nitrogen and oxygen atoms in total. The molecule has 2 fully saturated rings. The number of fused-ring (bicyclic) bond motifs is 2. The van der Waals surface area contributed by atoms with E-state index in [-0.39, 0.29) is 0 Å². The maximum atomic E-state index is 10.8. The SMILES string of the molecule is CCOc1ccc(C2(O)CC3CCC(C2)N3)cn1. The van der Waals surface area contributed by atoms with Gasteiger partial charge in [0.1, 0.15) is 0 Å². The highest BCUT2D eigenvalue weighted by Gasteiger charge is 2.43. The molecular formula is C14H20N2O2. The van der Waals surface area contributed by atoms with E-state index in [1.807, 2.05) is 19.1 Å². The third kappa shape index (κ3) is 2.10. The van der Waals surface area contributed by atoms with Crippen molar-refractivity contribution in [1.82, 2.24) is 10.3 Å². The highest BCUT2D eigenvalue weighted by molar-refractivity contribution is 5.25. The van der Waals surface area contributed by atoms with Crippen LogP contribution in [0.5, 0.6) is 5.88 Å². The first kappa shape index (κ1) is 11.9. The van der Waals surface area contributed by atoms with Gasteiger partial charge in [-0.3, -0.25) is 0 Å². The topological polar surface area (TPSA) is 54.4 Å². The first-order chi connectivity index (χ1) is 8.69. The second kappa shape index (κ2) is 4.52. The number of rotatable bonds is 3. The fourth-order valence-electron chi connectivity index (χ4n) is 3.25. The van der Waals surface area contributed by atoms with Crippen molar-refractivity contribution in [3.05, 3.63) is 23.9 Å². The second-order valence-corrected chi connectivity index (χ2v) is 5.40. The second-order valence-electron chi connectivity index (χ2n) is 5.40. The Hall–Kier alpha value is -1.13. The van der Waals surface area contributed by atoms with Crippen molar-refractivity contribution in [1.29, 1.82) is 0 Å². The van der Waals surface area contributed by atoms with E-state index in [4.69, 9.17) is 4.74 Å². The fourth-order valence-corrected chi connectivity index (χ4v) is 3.25. The molecule has 18 heavy (non-hydrogen) atoms. The van der Waals surface area contributed by atoms with Crippen molar-refractivity contribution in [2.45, 2.75) is 50.3 Å². The highest BCUT2D eigenvalue weighted by Crippen LogP contribution is 2.40. The van der Waals surface area contributed by atoms with Crippen LogP contribution < -0.4 is 10.1 Å². The van der Waals surface area contributed by atoms with Gasteiger partial charge in [0.2, 0.25) is 5.88 Å². The lowest BCUT2D eigenvalue weighted by Crippen LogP contribution is -2.46. The maximum absolute atomic E-state index is 10.8. The molecule has 1 aromatic rings. The van der Waals surface area contributed by atoms with Gasteiger partial charge in [-0.2, -0.15) is 0 Å². The van der Waals surface area contributed by atoms with Crippen LogP contribution in [0.1, 0.15) is 38.2 Å². The number of pyridine rings is 1. The summed E-state index contributed by atoms with van der Waals surface area (Å²) < 4.78 is 5.33. The summed E-state index contributed by atoms with van der Waals surface area (Å²) in [5.41, 5.74) is 0.207. The normalized spacial score (nSPS) is 34.6. The zero-order chi connectivity index (χ0) is 12.6. The molecule has 2 aliphatic heterocycles. The highest BCUT2D eigenvalue weighted by atomic mass is 16.5. The quantitative estimate of drug-likeness (QED) is 0.853. The number of aliphatic hydroxyl groups is 1. The average molecular weight is 248 g/mol. The van der Waals surface area contributed by atoms with Crippen molar-refractivity contribution < 1.29 is 9.84 Å². The van der Waals surface area contributed by atoms with E-state index in [9.17, 15) is 5.11 Å². The van der Waals surface area contributed by atoms with E-state index in [0.717, 1.165) is 18.4 Å². The minimum atomic E-state index is -0.713. The van der Waals surface area contributed by atoms with E-state index in [1.165, 1.54) is 12.8 Å². The van der Waals surface area contributed by atoms with Gasteiger partial charge in [-0.05, 0) is 38.7 Å². The Kier molecular flexibility index (Phi) is 2.99. The minimum absolute atomic E-state index is 0.459. The Morgan fingerprint density at radius 2 is 2.11 bits per heavy atom. The van der Waals surface area contributed by atoms with Gasteiger partial charge >= 0.3 is 0 Å². The van der Waals surface area contributed by atoms with Gasteiger partial charge in [-0.25, -0.2) is 4.98 Å². The average Bonchev–Trinajstić information content (AvgIpc) is 2.70. The summed E-state index contributed by atoms with van der Waals surface area (Å²) in [7, 11) is 0. The van der Waals surface area contributed by atoms with E-state index < -0.39 is 5.60 Å². The number of nitrogens with one attached hydrogen (secondary N) is 1. The van der Waals surface area contributed by atoms with Gasteiger partial charge in [0.05, 0.1) is 12.2 Å². The van der Waals surface area contributed by atoms with Crippen LogP contribution in [-0.4, -0.2) is 28.8 Å². The molecule has 0 radical (unpaired) electrons. The lowest BCUT2D eigenvalue weighted by molar-refractivity contribution is -0.0118. The predicted octanol–water partition coefficient (Wildman–Crippen LogP) is 1.58. The fraction of sp³-hybridized carbons (Fsp3) is 0.643. The molecule has 2 aliphatic rings. The van der Waals surface area contributed by atoms with Crippen molar-refractivity contribution in [3.63, 3.8) is 0 Å². The largest absolute Gasteiger partial charge is 0.478 e. The molecular weight excluding hydrogens is 228 g/mol. The van der Waals surface area contributed by atoms with E-state index in [0.29, 0.717) is 24.6 Å². The monoisotopic (exact) mass is 248 g/mol. The Morgan fingerprint density at radius 1 is 1.39 bits per heavy atom. The number of nitrogens with zero attached hydrogens (tertiary/aromatic N) is 1. The van der Waals surface area contributed by atoms with Crippen LogP contribution in [0, 0.1) is 0 Å². The first-order valence-electron chi connectivity index (χ1n) is 6.77. The smallest absolute Gasteiger partial charge is 0.213 e. The standard InChI is InChI=1S/C14H20N2O2/c1-2-18-13-6-3-10(9-15-13)14(17)7-11-4-5-12(8-14)16-11/h3,6,9,11-12,16-17H,2,4-5,7-8H2,1H3. The molecule has 2 saturated heterocycles. The van der Waals surface area contributed by atoms with Gasteiger partial charge in [0.15, 0.2) is 0 Å². The van der Waals surface area contributed by atoms with E-state index >= 15 is 0 Å². The summed E-state index contributed by atoms with van der Waals surface area (Å²) in [4.78, 5) is 4.26. The van der Waals surface area contributed by atoms with Crippen LogP contribution in [0.4, 0.5) is 0 Å². The van der Waals surface area contributed by atoms with Crippen molar-refractivity contribution in [2.75, 3.05) is 6.61 Å².